The van der Waals surface area contributed by atoms with E-state index < -0.39 is 124 Å². The van der Waals surface area contributed by atoms with Crippen LogP contribution in [0.5, 0.6) is 0 Å². The van der Waals surface area contributed by atoms with Gasteiger partial charge < -0.3 is 89.9 Å². The van der Waals surface area contributed by atoms with Crippen LogP contribution in [0.15, 0.2) is 97.2 Å². The maximum atomic E-state index is 13.5. The number of hydrogen-bond acceptors (Lipinski definition) is 18. The van der Waals surface area contributed by atoms with Crippen LogP contribution < -0.4 is 5.32 Å². The summed E-state index contributed by atoms with van der Waals surface area (Å²) in [6.07, 6.45) is 66.9. The van der Waals surface area contributed by atoms with Gasteiger partial charge >= 0.3 is 0 Å². The second-order valence-electron chi connectivity index (χ2n) is 30.6. The number of ether oxygens (including phenoxy) is 6. The van der Waals surface area contributed by atoms with E-state index in [-0.39, 0.29) is 18.9 Å². The molecule has 108 heavy (non-hydrogen) atoms. The zero-order valence-corrected chi connectivity index (χ0v) is 67.3. The van der Waals surface area contributed by atoms with Gasteiger partial charge in [-0.05, 0) is 77.0 Å². The first-order valence-corrected chi connectivity index (χ1v) is 43.5. The Bertz CT molecular complexity index is 2330. The molecule has 17 atom stereocenters. The summed E-state index contributed by atoms with van der Waals surface area (Å²) in [7, 11) is 0. The van der Waals surface area contributed by atoms with Crippen molar-refractivity contribution >= 4 is 5.91 Å². The summed E-state index contributed by atoms with van der Waals surface area (Å²) in [5.41, 5.74) is 0. The SMILES string of the molecule is CC/C=C\C/C=C\C/C=C\C/C=C\C/C=C\C/C=C\C/C=C\CCCCCCCCCCCCCCCCCCCCCC(=O)NC(COC1OC(CO)C(OC2OC(CO)C(OC3OC(CO)C(O)C(O)C3O)C(O)C2O)C(O)C1O)C(O)/C=C/CCCCCCCCCCCCCCCCCCCCCC. The van der Waals surface area contributed by atoms with Gasteiger partial charge in [-0.1, -0.05) is 342 Å². The third kappa shape index (κ3) is 46.8. The van der Waals surface area contributed by atoms with Crippen molar-refractivity contribution in [2.75, 3.05) is 26.4 Å². The van der Waals surface area contributed by atoms with Crippen LogP contribution in [-0.2, 0) is 33.2 Å². The molecule has 626 valence electrons. The molecule has 17 unspecified atom stereocenters. The van der Waals surface area contributed by atoms with Gasteiger partial charge in [-0.25, -0.2) is 0 Å². The molecule has 0 bridgehead atoms. The van der Waals surface area contributed by atoms with Gasteiger partial charge in [0.2, 0.25) is 5.91 Å². The van der Waals surface area contributed by atoms with Crippen LogP contribution in [0.25, 0.3) is 0 Å². The van der Waals surface area contributed by atoms with Crippen molar-refractivity contribution in [2.24, 2.45) is 0 Å². The van der Waals surface area contributed by atoms with Gasteiger partial charge in [0, 0.05) is 6.42 Å². The highest BCUT2D eigenvalue weighted by molar-refractivity contribution is 5.76. The summed E-state index contributed by atoms with van der Waals surface area (Å²) in [6, 6.07) is -0.977. The molecule has 0 aromatic carbocycles. The lowest BCUT2D eigenvalue weighted by atomic mass is 9.96. The van der Waals surface area contributed by atoms with Crippen LogP contribution in [0.4, 0.5) is 0 Å². The molecular formula is C89H157NO18. The van der Waals surface area contributed by atoms with Crippen LogP contribution in [0.3, 0.4) is 0 Å². The Kier molecular flexibility index (Phi) is 62.4. The summed E-state index contributed by atoms with van der Waals surface area (Å²) in [6.45, 7) is 1.66. The van der Waals surface area contributed by atoms with E-state index in [9.17, 15) is 61.0 Å². The number of allylic oxidation sites excluding steroid dienone is 15. The van der Waals surface area contributed by atoms with E-state index in [1.54, 1.807) is 6.08 Å². The van der Waals surface area contributed by atoms with E-state index in [0.717, 1.165) is 89.9 Å². The second kappa shape index (κ2) is 68.1. The average Bonchev–Trinajstić information content (AvgIpc) is 0.787. The Morgan fingerprint density at radius 3 is 1.00 bits per heavy atom. The fourth-order valence-electron chi connectivity index (χ4n) is 14.2. The highest BCUT2D eigenvalue weighted by Gasteiger charge is 2.54. The molecule has 0 spiro atoms. The summed E-state index contributed by atoms with van der Waals surface area (Å²) in [5.74, 6) is -0.272. The number of unbranched alkanes of at least 4 members (excludes halogenated alkanes) is 39. The molecule has 0 radical (unpaired) electrons. The standard InChI is InChI=1S/C89H157NO18/c1-3-5-7-9-11-13-15-17-19-21-23-25-27-28-29-30-31-32-33-34-35-36-37-38-39-40-41-42-43-44-45-47-49-51-53-55-57-59-61-63-65-67-77(95)90-72(73(94)66-64-62-60-58-56-54-52-50-48-46-26-24-22-20-18-16-14-12-10-8-6-4-2)71-103-87-83(101)80(98)85(75(69-92)105-87)108-89-84(102)81(99)86(76(70-93)106-89)107-88-82(100)79(97)78(96)74(68-91)104-88/h5,7,11,13,17,19,23,25,28-29,31-32,34-35,64,66,72-76,78-89,91-94,96-102H,3-4,6,8-10,12,14-16,18,20-22,24,26-27,30,33,36-63,65,67-71H2,1-2H3,(H,90,95)/b7-5-,13-11-,19-17-,25-23-,29-28-,32-31-,35-34-,66-64+. The molecule has 3 aliphatic rings. The van der Waals surface area contributed by atoms with E-state index in [2.05, 4.69) is 104 Å². The zero-order valence-electron chi connectivity index (χ0n) is 67.3. The molecule has 3 rings (SSSR count). The number of carbonyl (C=O) groups excluding carboxylic acids is 1. The normalized spacial score (nSPS) is 25.9. The molecule has 0 aromatic heterocycles. The van der Waals surface area contributed by atoms with Gasteiger partial charge in [0.05, 0.1) is 38.6 Å². The number of amides is 1. The summed E-state index contributed by atoms with van der Waals surface area (Å²) < 4.78 is 34.5. The van der Waals surface area contributed by atoms with E-state index in [1.807, 2.05) is 6.08 Å². The molecule has 1 amide bonds. The molecule has 3 saturated heterocycles. The topological polar surface area (TPSA) is 307 Å². The molecule has 19 heteroatoms. The fourth-order valence-corrected chi connectivity index (χ4v) is 14.2. The van der Waals surface area contributed by atoms with Gasteiger partial charge in [-0.15, -0.1) is 0 Å². The Labute approximate surface area is 653 Å². The number of rotatable bonds is 69. The van der Waals surface area contributed by atoms with Crippen LogP contribution in [0.1, 0.15) is 328 Å². The monoisotopic (exact) mass is 1530 g/mol. The van der Waals surface area contributed by atoms with Gasteiger partial charge in [0.15, 0.2) is 18.9 Å². The van der Waals surface area contributed by atoms with Crippen molar-refractivity contribution in [1.82, 2.24) is 5.32 Å². The number of aliphatic hydroxyl groups is 11. The summed E-state index contributed by atoms with van der Waals surface area (Å²) in [4.78, 5) is 13.5. The van der Waals surface area contributed by atoms with Crippen molar-refractivity contribution < 1.29 is 89.4 Å². The first-order valence-electron chi connectivity index (χ1n) is 43.5. The van der Waals surface area contributed by atoms with Crippen molar-refractivity contribution in [2.45, 2.75) is 433 Å². The van der Waals surface area contributed by atoms with Crippen LogP contribution in [0.2, 0.25) is 0 Å². The maximum absolute atomic E-state index is 13.5. The lowest BCUT2D eigenvalue weighted by Gasteiger charge is -2.48. The highest BCUT2D eigenvalue weighted by atomic mass is 16.8. The molecule has 3 heterocycles. The lowest BCUT2D eigenvalue weighted by molar-refractivity contribution is -0.379. The van der Waals surface area contributed by atoms with Crippen LogP contribution in [0, 0.1) is 0 Å². The predicted molar refractivity (Wildman–Crippen MR) is 434 cm³/mol. The quantitative estimate of drug-likeness (QED) is 0.0199. The third-order valence-electron chi connectivity index (χ3n) is 21.1. The first kappa shape index (κ1) is 98.9. The smallest absolute Gasteiger partial charge is 0.220 e. The van der Waals surface area contributed by atoms with E-state index in [0.29, 0.717) is 6.42 Å². The molecule has 0 saturated carbocycles. The summed E-state index contributed by atoms with van der Waals surface area (Å²) in [5, 5.41) is 121. The lowest BCUT2D eigenvalue weighted by Crippen LogP contribution is -2.66. The third-order valence-corrected chi connectivity index (χ3v) is 21.1. The Balaban J connectivity index is 1.31. The largest absolute Gasteiger partial charge is 0.394 e. The number of carbonyl (C=O) groups is 1. The Hall–Kier alpha value is -3.29. The van der Waals surface area contributed by atoms with Crippen molar-refractivity contribution in [1.29, 1.82) is 0 Å². The molecule has 0 aliphatic carbocycles. The number of nitrogens with one attached hydrogen (secondary N) is 1. The predicted octanol–water partition coefficient (Wildman–Crippen LogP) is 15.9. The van der Waals surface area contributed by atoms with Crippen LogP contribution >= 0.6 is 0 Å². The van der Waals surface area contributed by atoms with Gasteiger partial charge in [0.1, 0.15) is 73.2 Å². The first-order chi connectivity index (χ1) is 52.8. The van der Waals surface area contributed by atoms with E-state index in [4.69, 9.17) is 28.4 Å². The Morgan fingerprint density at radius 1 is 0.343 bits per heavy atom. The minimum Gasteiger partial charge on any atom is -0.394 e. The van der Waals surface area contributed by atoms with Gasteiger partial charge in [-0.2, -0.15) is 0 Å². The van der Waals surface area contributed by atoms with E-state index in [1.165, 1.54) is 212 Å². The molecule has 0 aromatic rings. The molecule has 19 nitrogen and oxygen atoms in total. The van der Waals surface area contributed by atoms with Gasteiger partial charge in [-0.3, -0.25) is 4.79 Å². The second-order valence-corrected chi connectivity index (χ2v) is 30.6. The molecule has 3 aliphatic heterocycles. The number of aliphatic hydroxyl groups excluding tert-OH is 11. The minimum atomic E-state index is -1.98. The fraction of sp³-hybridized carbons (Fsp3) is 0.809. The van der Waals surface area contributed by atoms with Crippen molar-refractivity contribution in [3.63, 3.8) is 0 Å². The highest BCUT2D eigenvalue weighted by Crippen LogP contribution is 2.33. The molecule has 3 fully saturated rings. The minimum absolute atomic E-state index is 0.243. The molecule has 12 N–H and O–H groups in total. The van der Waals surface area contributed by atoms with Crippen molar-refractivity contribution in [3.05, 3.63) is 97.2 Å². The summed E-state index contributed by atoms with van der Waals surface area (Å²) >= 11 is 0. The average molecular weight is 1530 g/mol. The van der Waals surface area contributed by atoms with Crippen molar-refractivity contribution in [3.8, 4) is 0 Å². The molecular weight excluding hydrogens is 1370 g/mol. The van der Waals surface area contributed by atoms with E-state index >= 15 is 0 Å². The number of hydrogen-bond donors (Lipinski definition) is 12. The Morgan fingerprint density at radius 2 is 0.639 bits per heavy atom. The maximum Gasteiger partial charge on any atom is 0.220 e. The zero-order chi connectivity index (χ0) is 78.1. The van der Waals surface area contributed by atoms with Gasteiger partial charge in [0.25, 0.3) is 0 Å². The van der Waals surface area contributed by atoms with Crippen LogP contribution in [-0.4, -0.2) is 193 Å².